The molecule has 8 heteroatoms. The van der Waals surface area contributed by atoms with Crippen molar-refractivity contribution in [2.45, 2.75) is 42.9 Å². The Hall–Kier alpha value is -3.00. The fraction of sp³-hybridized carbons (Fsp3) is 0.444. The second-order valence-electron chi connectivity index (χ2n) is 9.59. The Kier molecular flexibility index (Phi) is 7.00. The van der Waals surface area contributed by atoms with Gasteiger partial charge in [-0.05, 0) is 47.4 Å². The lowest BCUT2D eigenvalue weighted by Crippen LogP contribution is -2.45. The van der Waals surface area contributed by atoms with E-state index in [0.717, 1.165) is 19.3 Å². The molecule has 2 aromatic rings. The van der Waals surface area contributed by atoms with Gasteiger partial charge in [0.05, 0.1) is 0 Å². The summed E-state index contributed by atoms with van der Waals surface area (Å²) in [5.41, 5.74) is 4.76. The molecular weight excluding hydrogens is 464 g/mol. The van der Waals surface area contributed by atoms with Crippen LogP contribution >= 0.6 is 11.8 Å². The van der Waals surface area contributed by atoms with Crippen molar-refractivity contribution >= 4 is 29.7 Å². The summed E-state index contributed by atoms with van der Waals surface area (Å²) < 4.78 is 5.66. The molecule has 0 radical (unpaired) electrons. The molecule has 2 aliphatic carbocycles. The number of nitrogens with zero attached hydrogens (tertiary/aromatic N) is 1. The molecule has 1 unspecified atom stereocenters. The van der Waals surface area contributed by atoms with E-state index in [4.69, 9.17) is 4.74 Å². The molecular formula is C27H30N2O5S. The molecule has 2 N–H and O–H groups in total. The van der Waals surface area contributed by atoms with Gasteiger partial charge >= 0.3 is 12.1 Å². The summed E-state index contributed by atoms with van der Waals surface area (Å²) >= 11 is 1.39. The highest BCUT2D eigenvalue weighted by Gasteiger charge is 2.33. The minimum absolute atomic E-state index is 0.00729. The van der Waals surface area contributed by atoms with Gasteiger partial charge in [-0.3, -0.25) is 9.59 Å². The van der Waals surface area contributed by atoms with Crippen LogP contribution in [0.25, 0.3) is 11.1 Å². The number of carboxylic acids is 1. The van der Waals surface area contributed by atoms with Crippen LogP contribution in [0.5, 0.6) is 0 Å². The Morgan fingerprint density at radius 2 is 1.71 bits per heavy atom. The number of carbonyl (C=O) groups excluding carboxylic acids is 2. The van der Waals surface area contributed by atoms with Gasteiger partial charge in [0.1, 0.15) is 11.9 Å². The molecule has 0 bridgehead atoms. The van der Waals surface area contributed by atoms with Crippen LogP contribution in [0.1, 0.15) is 42.7 Å². The second-order valence-corrected chi connectivity index (χ2v) is 10.9. The van der Waals surface area contributed by atoms with E-state index in [9.17, 15) is 19.5 Å². The number of ether oxygens (including phenoxy) is 1. The number of aliphatic carboxylic acids is 1. The normalized spacial score (nSPS) is 23.4. The molecule has 0 aromatic heterocycles. The number of carbonyl (C=O) groups is 3. The van der Waals surface area contributed by atoms with Crippen molar-refractivity contribution in [3.05, 3.63) is 59.7 Å². The molecule has 1 saturated carbocycles. The molecule has 1 aliphatic heterocycles. The minimum Gasteiger partial charge on any atom is -0.480 e. The average molecular weight is 495 g/mol. The van der Waals surface area contributed by atoms with Gasteiger partial charge in [-0.15, -0.1) is 11.8 Å². The average Bonchev–Trinajstić information content (AvgIpc) is 3.44. The number of nitrogens with one attached hydrogen (secondary N) is 1. The highest BCUT2D eigenvalue weighted by Crippen LogP contribution is 2.44. The molecule has 5 rings (SSSR count). The third-order valence-electron chi connectivity index (χ3n) is 7.36. The molecule has 2 amide bonds. The van der Waals surface area contributed by atoms with Crippen LogP contribution in [0.4, 0.5) is 4.79 Å². The predicted octanol–water partition coefficient (Wildman–Crippen LogP) is 4.11. The topological polar surface area (TPSA) is 95.9 Å². The van der Waals surface area contributed by atoms with Crippen LogP contribution in [0.3, 0.4) is 0 Å². The largest absolute Gasteiger partial charge is 0.480 e. The fourth-order valence-corrected chi connectivity index (χ4v) is 6.64. The van der Waals surface area contributed by atoms with E-state index >= 15 is 0 Å². The SMILES string of the molecule is O=C(N[C@@H]1CC[C@H](CC(=O)N2CCSC(C(=O)O)C2)C1)OCC1c2ccccc2-c2ccccc21. The Morgan fingerprint density at radius 3 is 2.40 bits per heavy atom. The first kappa shape index (κ1) is 23.7. The van der Waals surface area contributed by atoms with E-state index in [1.54, 1.807) is 4.90 Å². The second kappa shape index (κ2) is 10.3. The zero-order chi connectivity index (χ0) is 24.4. The van der Waals surface area contributed by atoms with Crippen molar-refractivity contribution in [1.82, 2.24) is 10.2 Å². The van der Waals surface area contributed by atoms with Crippen LogP contribution in [-0.4, -0.2) is 64.7 Å². The summed E-state index contributed by atoms with van der Waals surface area (Å²) in [5.74, 6) is 0.0297. The summed E-state index contributed by atoms with van der Waals surface area (Å²) in [4.78, 5) is 38.2. The van der Waals surface area contributed by atoms with E-state index < -0.39 is 17.3 Å². The summed E-state index contributed by atoms with van der Waals surface area (Å²) in [6, 6.07) is 16.5. The standard InChI is InChI=1S/C27H30N2O5S/c30-25(29-11-12-35-24(15-29)26(31)32)14-17-9-10-18(13-17)28-27(33)34-16-23-21-7-3-1-5-19(21)20-6-2-4-8-22(20)23/h1-8,17-18,23-24H,9-16H2,(H,28,33)(H,31,32)/t17-,18+,24?/m0/s1. The van der Waals surface area contributed by atoms with Gasteiger partial charge in [-0.2, -0.15) is 0 Å². The number of amides is 2. The molecule has 35 heavy (non-hydrogen) atoms. The number of carboxylic acid groups (broad SMARTS) is 1. The van der Waals surface area contributed by atoms with Crippen molar-refractivity contribution in [2.24, 2.45) is 5.92 Å². The maximum Gasteiger partial charge on any atom is 0.407 e. The van der Waals surface area contributed by atoms with Crippen molar-refractivity contribution < 1.29 is 24.2 Å². The van der Waals surface area contributed by atoms with E-state index in [1.165, 1.54) is 34.0 Å². The Balaban J connectivity index is 1.10. The first-order valence-electron chi connectivity index (χ1n) is 12.2. The smallest absolute Gasteiger partial charge is 0.407 e. The van der Waals surface area contributed by atoms with E-state index in [1.807, 2.05) is 24.3 Å². The van der Waals surface area contributed by atoms with Gasteiger partial charge in [0.15, 0.2) is 0 Å². The maximum atomic E-state index is 12.7. The Morgan fingerprint density at radius 1 is 1.03 bits per heavy atom. The fourth-order valence-electron chi connectivity index (χ4n) is 5.60. The molecule has 3 atom stereocenters. The summed E-state index contributed by atoms with van der Waals surface area (Å²) in [6.45, 7) is 1.15. The lowest BCUT2D eigenvalue weighted by atomic mass is 9.98. The number of rotatable bonds is 6. The zero-order valence-corrected chi connectivity index (χ0v) is 20.3. The third-order valence-corrected chi connectivity index (χ3v) is 8.54. The van der Waals surface area contributed by atoms with Crippen LogP contribution in [0.15, 0.2) is 48.5 Å². The number of fused-ring (bicyclic) bond motifs is 3. The van der Waals surface area contributed by atoms with Crippen LogP contribution < -0.4 is 5.32 Å². The highest BCUT2D eigenvalue weighted by atomic mass is 32.2. The van der Waals surface area contributed by atoms with Crippen molar-refractivity contribution in [1.29, 1.82) is 0 Å². The number of thioether (sulfide) groups is 1. The first-order valence-corrected chi connectivity index (χ1v) is 13.3. The molecule has 2 fully saturated rings. The van der Waals surface area contributed by atoms with Crippen LogP contribution in [-0.2, 0) is 14.3 Å². The molecule has 1 saturated heterocycles. The van der Waals surface area contributed by atoms with E-state index in [-0.39, 0.29) is 36.9 Å². The number of hydrogen-bond acceptors (Lipinski definition) is 5. The van der Waals surface area contributed by atoms with Gasteiger partial charge in [0, 0.05) is 37.2 Å². The number of benzene rings is 2. The van der Waals surface area contributed by atoms with Crippen molar-refractivity contribution in [3.8, 4) is 11.1 Å². The van der Waals surface area contributed by atoms with Gasteiger partial charge in [0.2, 0.25) is 5.91 Å². The Bertz CT molecular complexity index is 1080. The predicted molar refractivity (Wildman–Crippen MR) is 134 cm³/mol. The Labute approximate surface area is 209 Å². The van der Waals surface area contributed by atoms with Crippen molar-refractivity contribution in [3.63, 3.8) is 0 Å². The first-order chi connectivity index (χ1) is 17.0. The molecule has 0 spiro atoms. The minimum atomic E-state index is -0.860. The molecule has 7 nitrogen and oxygen atoms in total. The van der Waals surface area contributed by atoms with Gasteiger partial charge in [0.25, 0.3) is 0 Å². The van der Waals surface area contributed by atoms with Crippen molar-refractivity contribution in [2.75, 3.05) is 25.4 Å². The molecule has 2 aromatic carbocycles. The van der Waals surface area contributed by atoms with Crippen LogP contribution in [0.2, 0.25) is 0 Å². The van der Waals surface area contributed by atoms with Gasteiger partial charge in [-0.25, -0.2) is 4.79 Å². The molecule has 184 valence electrons. The van der Waals surface area contributed by atoms with E-state index in [2.05, 4.69) is 29.6 Å². The van der Waals surface area contributed by atoms with E-state index in [0.29, 0.717) is 18.7 Å². The van der Waals surface area contributed by atoms with Gasteiger partial charge in [-0.1, -0.05) is 48.5 Å². The number of alkyl carbamates (subject to hydrolysis) is 1. The van der Waals surface area contributed by atoms with Crippen LogP contribution in [0, 0.1) is 5.92 Å². The molecule has 3 aliphatic rings. The molecule has 1 heterocycles. The highest BCUT2D eigenvalue weighted by molar-refractivity contribution is 8.00. The monoisotopic (exact) mass is 494 g/mol. The quantitative estimate of drug-likeness (QED) is 0.628. The summed E-state index contributed by atoms with van der Waals surface area (Å²) in [5, 5.41) is 11.7. The number of hydrogen-bond donors (Lipinski definition) is 2. The lowest BCUT2D eigenvalue weighted by Gasteiger charge is -2.31. The third kappa shape index (κ3) is 5.17. The van der Waals surface area contributed by atoms with Gasteiger partial charge < -0.3 is 20.1 Å². The summed E-state index contributed by atoms with van der Waals surface area (Å²) in [6.07, 6.45) is 2.41. The zero-order valence-electron chi connectivity index (χ0n) is 19.5. The lowest BCUT2D eigenvalue weighted by molar-refractivity contribution is -0.138. The maximum absolute atomic E-state index is 12.7. The summed E-state index contributed by atoms with van der Waals surface area (Å²) in [7, 11) is 0.